The first kappa shape index (κ1) is 13.8. The fourth-order valence-electron chi connectivity index (χ4n) is 2.86. The molecule has 1 aromatic carbocycles. The molecule has 0 bridgehead atoms. The Morgan fingerprint density at radius 2 is 2.20 bits per heavy atom. The van der Waals surface area contributed by atoms with Gasteiger partial charge in [0.2, 0.25) is 0 Å². The number of nitrogens with zero attached hydrogens (tertiary/aromatic N) is 2. The molecule has 3 nitrogen and oxygen atoms in total. The van der Waals surface area contributed by atoms with E-state index in [1.807, 2.05) is 10.7 Å². The topological polar surface area (TPSA) is 43.8 Å². The van der Waals surface area contributed by atoms with E-state index in [9.17, 15) is 4.39 Å². The van der Waals surface area contributed by atoms with Crippen molar-refractivity contribution < 1.29 is 4.39 Å². The summed E-state index contributed by atoms with van der Waals surface area (Å²) in [6, 6.07) is 5.05. The first-order valence-corrected chi connectivity index (χ1v) is 7.74. The maximum atomic E-state index is 14.2. The molecule has 0 spiro atoms. The summed E-state index contributed by atoms with van der Waals surface area (Å²) in [6.07, 6.45) is 3.91. The summed E-state index contributed by atoms with van der Waals surface area (Å²) >= 11 is 3.42. The van der Waals surface area contributed by atoms with Gasteiger partial charge in [0.1, 0.15) is 5.82 Å². The third kappa shape index (κ3) is 2.40. The second-order valence-corrected chi connectivity index (χ2v) is 6.03. The highest BCUT2D eigenvalue weighted by atomic mass is 79.9. The Kier molecular flexibility index (Phi) is 3.89. The molecule has 3 rings (SSSR count). The summed E-state index contributed by atoms with van der Waals surface area (Å²) in [5.74, 6) is -0.201. The zero-order valence-electron chi connectivity index (χ0n) is 11.2. The van der Waals surface area contributed by atoms with E-state index in [0.717, 1.165) is 47.2 Å². The van der Waals surface area contributed by atoms with Crippen LogP contribution in [0.1, 0.15) is 24.2 Å². The van der Waals surface area contributed by atoms with Crippen LogP contribution in [0.2, 0.25) is 0 Å². The van der Waals surface area contributed by atoms with E-state index in [-0.39, 0.29) is 5.82 Å². The van der Waals surface area contributed by atoms with E-state index in [0.29, 0.717) is 18.5 Å². The lowest BCUT2D eigenvalue weighted by molar-refractivity contribution is 0.483. The normalized spacial score (nSPS) is 14.3. The van der Waals surface area contributed by atoms with Crippen molar-refractivity contribution in [3.05, 3.63) is 39.9 Å². The van der Waals surface area contributed by atoms with Gasteiger partial charge in [-0.1, -0.05) is 15.9 Å². The zero-order valence-corrected chi connectivity index (χ0v) is 12.8. The van der Waals surface area contributed by atoms with Gasteiger partial charge in [-0.15, -0.1) is 0 Å². The number of hydrogen-bond donors (Lipinski definition) is 1. The van der Waals surface area contributed by atoms with E-state index in [4.69, 9.17) is 5.73 Å². The number of rotatable bonds is 3. The Bertz CT molecular complexity index is 636. The second kappa shape index (κ2) is 5.66. The Labute approximate surface area is 126 Å². The highest BCUT2D eigenvalue weighted by Crippen LogP contribution is 2.34. The molecule has 1 aliphatic heterocycles. The van der Waals surface area contributed by atoms with Crippen LogP contribution in [-0.2, 0) is 19.4 Å². The van der Waals surface area contributed by atoms with Gasteiger partial charge >= 0.3 is 0 Å². The van der Waals surface area contributed by atoms with Crippen molar-refractivity contribution in [3.63, 3.8) is 0 Å². The van der Waals surface area contributed by atoms with E-state index >= 15 is 0 Å². The third-order valence-electron chi connectivity index (χ3n) is 3.74. The number of aromatic nitrogens is 2. The van der Waals surface area contributed by atoms with Crippen LogP contribution < -0.4 is 5.73 Å². The summed E-state index contributed by atoms with van der Waals surface area (Å²) in [5.41, 5.74) is 9.33. The molecule has 20 heavy (non-hydrogen) atoms. The lowest BCUT2D eigenvalue weighted by Crippen LogP contribution is -2.11. The maximum Gasteiger partial charge on any atom is 0.131 e. The molecule has 0 amide bonds. The summed E-state index contributed by atoms with van der Waals surface area (Å²) in [4.78, 5) is 0. The standard InChI is InChI=1S/C15H17BrFN3/c16-10-4-5-12(17)11(9-10)15-13(6-7-18)19-20-8-2-1-3-14(15)20/h4-5,9H,1-3,6-8,18H2. The van der Waals surface area contributed by atoms with Gasteiger partial charge in [-0.3, -0.25) is 4.68 Å². The van der Waals surface area contributed by atoms with Gasteiger partial charge in [0, 0.05) is 34.3 Å². The van der Waals surface area contributed by atoms with Crippen molar-refractivity contribution in [2.24, 2.45) is 5.73 Å². The summed E-state index contributed by atoms with van der Waals surface area (Å²) in [5, 5.41) is 4.64. The number of fused-ring (bicyclic) bond motifs is 1. The predicted octanol–water partition coefficient (Wildman–Crippen LogP) is 3.29. The number of benzene rings is 1. The molecule has 5 heteroatoms. The van der Waals surface area contributed by atoms with Gasteiger partial charge in [-0.25, -0.2) is 4.39 Å². The third-order valence-corrected chi connectivity index (χ3v) is 4.24. The molecule has 0 atom stereocenters. The van der Waals surface area contributed by atoms with Gasteiger partial charge in [-0.05, 0) is 44.0 Å². The van der Waals surface area contributed by atoms with Gasteiger partial charge in [0.15, 0.2) is 0 Å². The number of hydrogen-bond acceptors (Lipinski definition) is 2. The van der Waals surface area contributed by atoms with E-state index in [1.54, 1.807) is 6.07 Å². The molecule has 0 radical (unpaired) electrons. The quantitative estimate of drug-likeness (QED) is 0.933. The summed E-state index contributed by atoms with van der Waals surface area (Å²) in [7, 11) is 0. The molecule has 1 aliphatic rings. The minimum absolute atomic E-state index is 0.201. The van der Waals surface area contributed by atoms with Gasteiger partial charge in [0.25, 0.3) is 0 Å². The van der Waals surface area contributed by atoms with E-state index in [2.05, 4.69) is 21.0 Å². The lowest BCUT2D eigenvalue weighted by Gasteiger charge is -2.15. The molecule has 0 fully saturated rings. The molecule has 2 aromatic rings. The lowest BCUT2D eigenvalue weighted by atomic mass is 9.97. The zero-order chi connectivity index (χ0) is 14.1. The molecule has 1 aromatic heterocycles. The molecule has 106 valence electrons. The van der Waals surface area contributed by atoms with Crippen LogP contribution >= 0.6 is 15.9 Å². The van der Waals surface area contributed by atoms with Gasteiger partial charge < -0.3 is 5.73 Å². The van der Waals surface area contributed by atoms with E-state index in [1.165, 1.54) is 6.07 Å². The van der Waals surface area contributed by atoms with Crippen molar-refractivity contribution in [3.8, 4) is 11.1 Å². The van der Waals surface area contributed by atoms with Gasteiger partial charge in [-0.2, -0.15) is 5.10 Å². The van der Waals surface area contributed by atoms with Crippen molar-refractivity contribution in [1.82, 2.24) is 9.78 Å². The van der Waals surface area contributed by atoms with Crippen LogP contribution in [0.5, 0.6) is 0 Å². The SMILES string of the molecule is NCCc1nn2c(c1-c1cc(Br)ccc1F)CCCC2. The molecular weight excluding hydrogens is 321 g/mol. The summed E-state index contributed by atoms with van der Waals surface area (Å²) in [6.45, 7) is 1.45. The molecule has 0 saturated heterocycles. The predicted molar refractivity (Wildman–Crippen MR) is 81.0 cm³/mol. The summed E-state index contributed by atoms with van der Waals surface area (Å²) < 4.78 is 17.1. The fraction of sp³-hybridized carbons (Fsp3) is 0.400. The van der Waals surface area contributed by atoms with E-state index < -0.39 is 0 Å². The number of aryl methyl sites for hydroxylation is 1. The molecule has 2 heterocycles. The fourth-order valence-corrected chi connectivity index (χ4v) is 3.22. The molecule has 2 N–H and O–H groups in total. The average Bonchev–Trinajstić information content (AvgIpc) is 2.80. The van der Waals surface area contributed by atoms with Crippen LogP contribution in [0.15, 0.2) is 22.7 Å². The van der Waals surface area contributed by atoms with Crippen molar-refractivity contribution in [2.45, 2.75) is 32.2 Å². The Hall–Kier alpha value is -1.20. The van der Waals surface area contributed by atoms with Crippen LogP contribution in [0.25, 0.3) is 11.1 Å². The van der Waals surface area contributed by atoms with Crippen molar-refractivity contribution in [2.75, 3.05) is 6.54 Å². The van der Waals surface area contributed by atoms with Gasteiger partial charge in [0.05, 0.1) is 5.69 Å². The molecule has 0 unspecified atom stereocenters. The molecular formula is C15H17BrFN3. The Balaban J connectivity index is 2.20. The van der Waals surface area contributed by atoms with Crippen LogP contribution in [0.3, 0.4) is 0 Å². The molecule has 0 saturated carbocycles. The minimum Gasteiger partial charge on any atom is -0.330 e. The highest BCUT2D eigenvalue weighted by Gasteiger charge is 2.23. The number of halogens is 2. The largest absolute Gasteiger partial charge is 0.330 e. The number of nitrogens with two attached hydrogens (primary N) is 1. The molecule has 0 aliphatic carbocycles. The van der Waals surface area contributed by atoms with Crippen molar-refractivity contribution >= 4 is 15.9 Å². The second-order valence-electron chi connectivity index (χ2n) is 5.11. The maximum absolute atomic E-state index is 14.2. The highest BCUT2D eigenvalue weighted by molar-refractivity contribution is 9.10. The van der Waals surface area contributed by atoms with Crippen LogP contribution in [-0.4, -0.2) is 16.3 Å². The smallest absolute Gasteiger partial charge is 0.131 e. The Morgan fingerprint density at radius 1 is 1.35 bits per heavy atom. The first-order valence-electron chi connectivity index (χ1n) is 6.94. The Morgan fingerprint density at radius 3 is 3.00 bits per heavy atom. The van der Waals surface area contributed by atoms with Crippen molar-refractivity contribution in [1.29, 1.82) is 0 Å². The monoisotopic (exact) mass is 337 g/mol. The van der Waals surface area contributed by atoms with Crippen LogP contribution in [0.4, 0.5) is 4.39 Å². The average molecular weight is 338 g/mol. The minimum atomic E-state index is -0.201. The van der Waals surface area contributed by atoms with Crippen LogP contribution in [0, 0.1) is 5.82 Å². The first-order chi connectivity index (χ1) is 9.70.